The van der Waals surface area contributed by atoms with Gasteiger partial charge in [-0.25, -0.2) is 18.2 Å². The molecule has 0 aliphatic carbocycles. The third-order valence-corrected chi connectivity index (χ3v) is 6.23. The summed E-state index contributed by atoms with van der Waals surface area (Å²) in [6.45, 7) is 0. The molecule has 0 radical (unpaired) electrons. The van der Waals surface area contributed by atoms with Crippen LogP contribution in [0.3, 0.4) is 0 Å². The highest BCUT2D eigenvalue weighted by Crippen LogP contribution is 2.39. The minimum Gasteiger partial charge on any atom is -0.435 e. The molecule has 1 heterocycles. The smallest absolute Gasteiger partial charge is 0.343 e. The average Bonchev–Trinajstić information content (AvgIpc) is 3.24. The lowest BCUT2D eigenvalue weighted by molar-refractivity contribution is 0.212. The number of carbonyl (C=O) groups excluding carboxylic acids is 1. The molecular weight excluding hydrogens is 466 g/mol. The highest BCUT2D eigenvalue weighted by atomic mass is 35.5. The third-order valence-electron chi connectivity index (χ3n) is 4.82. The van der Waals surface area contributed by atoms with Crippen LogP contribution >= 0.6 is 11.6 Å². The number of nitrogens with two attached hydrogens (primary N) is 1. The molecule has 0 aliphatic rings. The zero-order valence-corrected chi connectivity index (χ0v) is 18.8. The van der Waals surface area contributed by atoms with E-state index >= 15 is 0 Å². The van der Waals surface area contributed by atoms with Crippen LogP contribution < -0.4 is 10.8 Å². The Bertz CT molecular complexity index is 1450. The number of benzene rings is 3. The number of halogens is 1. The van der Waals surface area contributed by atoms with Gasteiger partial charge < -0.3 is 10.2 Å². The van der Waals surface area contributed by atoms with Crippen LogP contribution in [0.5, 0.6) is 0 Å². The molecule has 4 aromatic rings. The molecule has 0 bridgehead atoms. The molecule has 0 fully saturated rings. The number of hydrogen-bond acceptors (Lipinski definition) is 6. The number of aromatic nitrogens is 1. The van der Waals surface area contributed by atoms with Crippen LogP contribution in [0.25, 0.3) is 34.0 Å². The van der Waals surface area contributed by atoms with E-state index < -0.39 is 15.9 Å². The van der Waals surface area contributed by atoms with Crippen molar-refractivity contribution >= 4 is 33.2 Å². The topological polar surface area (TPSA) is 127 Å². The number of nitrogens with zero attached hydrogens (tertiary/aromatic N) is 2. The van der Waals surface area contributed by atoms with Crippen molar-refractivity contribution in [1.82, 2.24) is 4.98 Å². The van der Waals surface area contributed by atoms with Crippen molar-refractivity contribution in [3.05, 3.63) is 77.8 Å². The van der Waals surface area contributed by atoms with E-state index in [-0.39, 0.29) is 22.2 Å². The Morgan fingerprint density at radius 1 is 1.03 bits per heavy atom. The molecule has 2 amide bonds. The number of carbonyl (C=O) groups is 1. The van der Waals surface area contributed by atoms with E-state index in [9.17, 15) is 18.4 Å². The number of anilines is 1. The summed E-state index contributed by atoms with van der Waals surface area (Å²) in [7, 11) is -3.57. The predicted octanol–water partition coefficient (Wildman–Crippen LogP) is 5.01. The number of urea groups is 1. The minimum atomic E-state index is -3.57. The van der Waals surface area contributed by atoms with Gasteiger partial charge in [0, 0.05) is 28.0 Å². The maximum absolute atomic E-state index is 12.4. The van der Waals surface area contributed by atoms with E-state index in [0.717, 1.165) is 6.26 Å². The number of rotatable bonds is 5. The molecule has 3 aromatic carbocycles. The van der Waals surface area contributed by atoms with Crippen LogP contribution in [0.1, 0.15) is 0 Å². The molecule has 0 saturated carbocycles. The van der Waals surface area contributed by atoms with Gasteiger partial charge in [0.2, 0.25) is 5.89 Å². The van der Waals surface area contributed by atoms with Gasteiger partial charge in [0.25, 0.3) is 0 Å². The van der Waals surface area contributed by atoms with Gasteiger partial charge in [0.15, 0.2) is 15.6 Å². The summed E-state index contributed by atoms with van der Waals surface area (Å²) in [5.74, 6) is 0.396. The Morgan fingerprint density at radius 2 is 1.73 bits per heavy atom. The molecule has 0 atom stereocenters. The Hall–Kier alpha value is -3.66. The van der Waals surface area contributed by atoms with Crippen LogP contribution in [0, 0.1) is 0 Å². The van der Waals surface area contributed by atoms with Crippen LogP contribution in [-0.4, -0.2) is 30.9 Å². The van der Waals surface area contributed by atoms with Gasteiger partial charge >= 0.3 is 6.03 Å². The van der Waals surface area contributed by atoms with Gasteiger partial charge in [-0.15, -0.1) is 0 Å². The highest BCUT2D eigenvalue weighted by molar-refractivity contribution is 7.90. The Morgan fingerprint density at radius 3 is 2.39 bits per heavy atom. The monoisotopic (exact) mass is 483 g/mol. The first-order valence-electron chi connectivity index (χ1n) is 9.60. The fourth-order valence-corrected chi connectivity index (χ4v) is 4.32. The summed E-state index contributed by atoms with van der Waals surface area (Å²) in [5, 5.41) is 10.7. The van der Waals surface area contributed by atoms with Crippen molar-refractivity contribution in [3.63, 3.8) is 0 Å². The van der Waals surface area contributed by atoms with Crippen LogP contribution in [-0.2, 0) is 9.84 Å². The fourth-order valence-electron chi connectivity index (χ4n) is 3.31. The first-order valence-corrected chi connectivity index (χ1v) is 11.9. The number of oxazole rings is 1. The minimum absolute atomic E-state index is 0.0897. The summed E-state index contributed by atoms with van der Waals surface area (Å²) in [6.07, 6.45) is 1.12. The second kappa shape index (κ2) is 8.70. The van der Waals surface area contributed by atoms with Crippen LogP contribution in [0.2, 0.25) is 5.02 Å². The summed E-state index contributed by atoms with van der Waals surface area (Å²) in [4.78, 5) is 16.0. The quantitative estimate of drug-likeness (QED) is 0.303. The zero-order valence-electron chi connectivity index (χ0n) is 17.3. The summed E-state index contributed by atoms with van der Waals surface area (Å²) < 4.78 is 30.9. The molecule has 8 nitrogen and oxygen atoms in total. The molecule has 0 unspecified atom stereocenters. The molecule has 168 valence electrons. The van der Waals surface area contributed by atoms with Gasteiger partial charge in [0.05, 0.1) is 10.6 Å². The van der Waals surface area contributed by atoms with E-state index in [0.29, 0.717) is 32.5 Å². The fraction of sp³-hybridized carbons (Fsp3) is 0.0435. The molecule has 10 heteroatoms. The summed E-state index contributed by atoms with van der Waals surface area (Å²) in [6, 6.07) is 18.5. The van der Waals surface area contributed by atoms with E-state index in [4.69, 9.17) is 21.8 Å². The van der Waals surface area contributed by atoms with Crippen molar-refractivity contribution in [1.29, 1.82) is 0 Å². The average molecular weight is 484 g/mol. The van der Waals surface area contributed by atoms with Crippen molar-refractivity contribution in [3.8, 4) is 34.0 Å². The molecule has 3 N–H and O–H groups in total. The van der Waals surface area contributed by atoms with Crippen LogP contribution in [0.15, 0.2) is 82.1 Å². The Balaban J connectivity index is 1.95. The normalized spacial score (nSPS) is 11.4. The first-order chi connectivity index (χ1) is 15.6. The van der Waals surface area contributed by atoms with Gasteiger partial charge in [-0.1, -0.05) is 41.9 Å². The van der Waals surface area contributed by atoms with E-state index in [1.54, 1.807) is 54.6 Å². The van der Waals surface area contributed by atoms with Gasteiger partial charge in [-0.05, 0) is 42.5 Å². The third kappa shape index (κ3) is 4.61. The number of hydroxylamine groups is 1. The van der Waals surface area contributed by atoms with Gasteiger partial charge in [0.1, 0.15) is 5.69 Å². The van der Waals surface area contributed by atoms with Gasteiger partial charge in [-0.3, -0.25) is 5.21 Å². The van der Waals surface area contributed by atoms with Crippen molar-refractivity contribution in [2.75, 3.05) is 11.3 Å². The zero-order chi connectivity index (χ0) is 23.8. The lowest BCUT2D eigenvalue weighted by Gasteiger charge is -2.12. The SMILES string of the molecule is CS(=O)(=O)c1ccccc1-c1oc(-c2cccc(N(O)C(N)=O)c2)nc1-c1ccc(Cl)cc1. The molecule has 4 rings (SSSR count). The maximum atomic E-state index is 12.4. The molecular formula is C23H18ClN3O5S. The number of hydrogen-bond donors (Lipinski definition) is 2. The largest absolute Gasteiger partial charge is 0.435 e. The number of sulfone groups is 1. The highest BCUT2D eigenvalue weighted by Gasteiger charge is 2.24. The molecule has 0 spiro atoms. The Kier molecular flexibility index (Phi) is 5.94. The molecule has 0 aliphatic heterocycles. The Labute approximate surface area is 194 Å². The standard InChI is InChI=1S/C23H18ClN3O5S/c1-33(30,31)19-8-3-2-7-18(19)21-20(14-9-11-16(24)12-10-14)26-22(32-21)15-5-4-6-17(13-15)27(29)23(25)28/h2-13,29H,1H3,(H2,25,28). The molecule has 1 aromatic heterocycles. The summed E-state index contributed by atoms with van der Waals surface area (Å²) >= 11 is 6.03. The van der Waals surface area contributed by atoms with E-state index in [1.165, 1.54) is 18.2 Å². The van der Waals surface area contributed by atoms with E-state index in [2.05, 4.69) is 4.98 Å². The van der Waals surface area contributed by atoms with Crippen molar-refractivity contribution < 1.29 is 22.8 Å². The van der Waals surface area contributed by atoms with Crippen molar-refractivity contribution in [2.45, 2.75) is 4.90 Å². The van der Waals surface area contributed by atoms with Gasteiger partial charge in [-0.2, -0.15) is 5.06 Å². The van der Waals surface area contributed by atoms with Crippen LogP contribution in [0.4, 0.5) is 10.5 Å². The number of primary amides is 1. The number of amides is 2. The maximum Gasteiger partial charge on any atom is 0.343 e. The first kappa shape index (κ1) is 22.5. The molecule has 33 heavy (non-hydrogen) atoms. The lowest BCUT2D eigenvalue weighted by Crippen LogP contribution is -2.32. The lowest BCUT2D eigenvalue weighted by atomic mass is 10.1. The van der Waals surface area contributed by atoms with E-state index in [1.807, 2.05) is 0 Å². The second-order valence-corrected chi connectivity index (χ2v) is 9.59. The predicted molar refractivity (Wildman–Crippen MR) is 125 cm³/mol. The molecule has 0 saturated heterocycles. The second-order valence-electron chi connectivity index (χ2n) is 7.17. The van der Waals surface area contributed by atoms with Crippen molar-refractivity contribution in [2.24, 2.45) is 5.73 Å². The summed E-state index contributed by atoms with van der Waals surface area (Å²) in [5.41, 5.74) is 7.10.